The average Bonchev–Trinajstić information content (AvgIpc) is 2.93. The van der Waals surface area contributed by atoms with Crippen LogP contribution in [0.1, 0.15) is 5.56 Å². The maximum Gasteiger partial charge on any atom is 0.320 e. The quantitative estimate of drug-likeness (QED) is 0.897. The lowest BCUT2D eigenvalue weighted by Gasteiger charge is -2.07. The Morgan fingerprint density at radius 3 is 2.95 bits per heavy atom. The van der Waals surface area contributed by atoms with Gasteiger partial charge in [-0.2, -0.15) is 0 Å². The predicted octanol–water partition coefficient (Wildman–Crippen LogP) is 2.13. The van der Waals surface area contributed by atoms with E-state index in [1.807, 2.05) is 18.2 Å². The lowest BCUT2D eigenvalue weighted by atomic mass is 10.2. The molecule has 2 amide bonds. The smallest absolute Gasteiger partial charge is 0.320 e. The van der Waals surface area contributed by atoms with Gasteiger partial charge in [-0.15, -0.1) is 0 Å². The number of ether oxygens (including phenoxy) is 2. The third-order valence-corrected chi connectivity index (χ3v) is 2.80. The number of urea groups is 1. The van der Waals surface area contributed by atoms with Gasteiger partial charge in [0, 0.05) is 12.7 Å². The molecule has 0 spiro atoms. The molecule has 0 fully saturated rings. The van der Waals surface area contributed by atoms with Crippen LogP contribution in [-0.2, 0) is 6.54 Å². The van der Waals surface area contributed by atoms with Gasteiger partial charge >= 0.3 is 6.03 Å². The van der Waals surface area contributed by atoms with E-state index >= 15 is 0 Å². The van der Waals surface area contributed by atoms with Crippen LogP contribution in [0.2, 0.25) is 0 Å². The Morgan fingerprint density at radius 1 is 1.20 bits per heavy atom. The van der Waals surface area contributed by atoms with Crippen molar-refractivity contribution < 1.29 is 14.3 Å². The predicted molar refractivity (Wildman–Crippen MR) is 72.7 cm³/mol. The van der Waals surface area contributed by atoms with Crippen LogP contribution in [0.5, 0.6) is 11.5 Å². The van der Waals surface area contributed by atoms with Crippen molar-refractivity contribution in [3.8, 4) is 11.5 Å². The average molecular weight is 271 g/mol. The van der Waals surface area contributed by atoms with Gasteiger partial charge in [0.2, 0.25) is 6.79 Å². The summed E-state index contributed by atoms with van der Waals surface area (Å²) >= 11 is 0. The van der Waals surface area contributed by atoms with Gasteiger partial charge in [0.15, 0.2) is 11.5 Å². The largest absolute Gasteiger partial charge is 0.454 e. The van der Waals surface area contributed by atoms with E-state index in [2.05, 4.69) is 15.6 Å². The van der Waals surface area contributed by atoms with E-state index in [-0.39, 0.29) is 12.8 Å². The molecule has 0 atom stereocenters. The minimum atomic E-state index is -0.304. The Labute approximate surface area is 115 Å². The second kappa shape index (κ2) is 5.48. The second-order valence-electron chi connectivity index (χ2n) is 4.21. The fourth-order valence-corrected chi connectivity index (χ4v) is 1.83. The summed E-state index contributed by atoms with van der Waals surface area (Å²) in [6, 6.07) is 10.6. The molecule has 1 aliphatic heterocycles. The van der Waals surface area contributed by atoms with Gasteiger partial charge < -0.3 is 14.8 Å². The number of fused-ring (bicyclic) bond motifs is 1. The number of nitrogens with one attached hydrogen (secondary N) is 2. The molecule has 1 aromatic carbocycles. The van der Waals surface area contributed by atoms with E-state index in [1.54, 1.807) is 24.4 Å². The molecule has 0 radical (unpaired) electrons. The molecule has 1 aliphatic rings. The van der Waals surface area contributed by atoms with Crippen LogP contribution in [0.25, 0.3) is 0 Å². The van der Waals surface area contributed by atoms with Gasteiger partial charge in [0.1, 0.15) is 5.82 Å². The molecule has 0 bridgehead atoms. The monoisotopic (exact) mass is 271 g/mol. The molecular formula is C14H13N3O3. The van der Waals surface area contributed by atoms with Crippen molar-refractivity contribution >= 4 is 11.8 Å². The van der Waals surface area contributed by atoms with E-state index in [4.69, 9.17) is 9.47 Å². The topological polar surface area (TPSA) is 72.5 Å². The van der Waals surface area contributed by atoms with Gasteiger partial charge in [-0.25, -0.2) is 9.78 Å². The first-order chi connectivity index (χ1) is 9.81. The first-order valence-electron chi connectivity index (χ1n) is 6.16. The molecule has 3 rings (SSSR count). The second-order valence-corrected chi connectivity index (χ2v) is 4.21. The molecule has 102 valence electrons. The van der Waals surface area contributed by atoms with E-state index in [0.717, 1.165) is 11.3 Å². The van der Waals surface area contributed by atoms with Crippen LogP contribution >= 0.6 is 0 Å². The van der Waals surface area contributed by atoms with Gasteiger partial charge in [-0.3, -0.25) is 5.32 Å². The molecule has 0 saturated carbocycles. The van der Waals surface area contributed by atoms with Gasteiger partial charge in [-0.1, -0.05) is 12.1 Å². The summed E-state index contributed by atoms with van der Waals surface area (Å²) < 4.78 is 10.5. The van der Waals surface area contributed by atoms with Crippen molar-refractivity contribution in [2.45, 2.75) is 6.54 Å². The SMILES string of the molecule is O=C(NCc1ccc2c(c1)OCO2)Nc1ccccn1. The minimum absolute atomic E-state index is 0.242. The van der Waals surface area contributed by atoms with Crippen molar-refractivity contribution in [3.05, 3.63) is 48.2 Å². The van der Waals surface area contributed by atoms with E-state index in [9.17, 15) is 4.79 Å². The van der Waals surface area contributed by atoms with E-state index in [1.165, 1.54) is 0 Å². The summed E-state index contributed by atoms with van der Waals surface area (Å²) in [5.74, 6) is 1.94. The normalized spacial score (nSPS) is 12.0. The third kappa shape index (κ3) is 2.80. The molecule has 2 aromatic rings. The molecule has 2 N–H and O–H groups in total. The van der Waals surface area contributed by atoms with E-state index in [0.29, 0.717) is 18.1 Å². The van der Waals surface area contributed by atoms with Crippen LogP contribution in [0.4, 0.5) is 10.6 Å². The summed E-state index contributed by atoms with van der Waals surface area (Å²) in [6.45, 7) is 0.641. The number of benzene rings is 1. The zero-order valence-electron chi connectivity index (χ0n) is 10.6. The number of carbonyl (C=O) groups is 1. The summed E-state index contributed by atoms with van der Waals surface area (Å²) in [4.78, 5) is 15.7. The molecular weight excluding hydrogens is 258 g/mol. The highest BCUT2D eigenvalue weighted by molar-refractivity contribution is 5.88. The number of anilines is 1. The lowest BCUT2D eigenvalue weighted by Crippen LogP contribution is -2.28. The van der Waals surface area contributed by atoms with Crippen molar-refractivity contribution in [1.82, 2.24) is 10.3 Å². The van der Waals surface area contributed by atoms with Crippen molar-refractivity contribution in [3.63, 3.8) is 0 Å². The maximum absolute atomic E-state index is 11.7. The van der Waals surface area contributed by atoms with Gasteiger partial charge in [0.25, 0.3) is 0 Å². The minimum Gasteiger partial charge on any atom is -0.454 e. The van der Waals surface area contributed by atoms with Crippen LogP contribution in [0.15, 0.2) is 42.6 Å². The Morgan fingerprint density at radius 2 is 2.10 bits per heavy atom. The number of pyridine rings is 1. The Kier molecular flexibility index (Phi) is 3.36. The highest BCUT2D eigenvalue weighted by Gasteiger charge is 2.13. The van der Waals surface area contributed by atoms with Gasteiger partial charge in [0.05, 0.1) is 0 Å². The molecule has 0 unspecified atom stereocenters. The fourth-order valence-electron chi connectivity index (χ4n) is 1.83. The van der Waals surface area contributed by atoms with E-state index < -0.39 is 0 Å². The molecule has 0 saturated heterocycles. The Hall–Kier alpha value is -2.76. The van der Waals surface area contributed by atoms with Crippen molar-refractivity contribution in [2.24, 2.45) is 0 Å². The summed E-state index contributed by atoms with van der Waals surface area (Å²) in [5, 5.41) is 5.40. The number of hydrogen-bond donors (Lipinski definition) is 2. The summed E-state index contributed by atoms with van der Waals surface area (Å²) in [7, 11) is 0. The highest BCUT2D eigenvalue weighted by Crippen LogP contribution is 2.32. The first-order valence-corrected chi connectivity index (χ1v) is 6.16. The third-order valence-electron chi connectivity index (χ3n) is 2.80. The zero-order chi connectivity index (χ0) is 13.8. The molecule has 2 heterocycles. The number of aromatic nitrogens is 1. The Bertz CT molecular complexity index is 616. The van der Waals surface area contributed by atoms with Crippen LogP contribution in [-0.4, -0.2) is 17.8 Å². The highest BCUT2D eigenvalue weighted by atomic mass is 16.7. The summed E-state index contributed by atoms with van der Waals surface area (Å²) in [6.07, 6.45) is 1.62. The van der Waals surface area contributed by atoms with Crippen molar-refractivity contribution in [2.75, 3.05) is 12.1 Å². The molecule has 1 aromatic heterocycles. The summed E-state index contributed by atoms with van der Waals surface area (Å²) in [5.41, 5.74) is 0.936. The molecule has 6 heteroatoms. The number of carbonyl (C=O) groups excluding carboxylic acids is 1. The Balaban J connectivity index is 1.55. The first kappa shape index (κ1) is 12.3. The van der Waals surface area contributed by atoms with Crippen LogP contribution < -0.4 is 20.1 Å². The van der Waals surface area contributed by atoms with Crippen LogP contribution in [0, 0.1) is 0 Å². The fraction of sp³-hybridized carbons (Fsp3) is 0.143. The maximum atomic E-state index is 11.7. The molecule has 20 heavy (non-hydrogen) atoms. The molecule has 6 nitrogen and oxygen atoms in total. The number of nitrogens with zero attached hydrogens (tertiary/aromatic N) is 1. The number of hydrogen-bond acceptors (Lipinski definition) is 4. The standard InChI is InChI=1S/C14H13N3O3/c18-14(17-13-3-1-2-6-15-13)16-8-10-4-5-11-12(7-10)20-9-19-11/h1-7H,8-9H2,(H2,15,16,17,18). The zero-order valence-corrected chi connectivity index (χ0v) is 10.6. The van der Waals surface area contributed by atoms with Crippen molar-refractivity contribution in [1.29, 1.82) is 0 Å². The lowest BCUT2D eigenvalue weighted by molar-refractivity contribution is 0.174. The number of amides is 2. The van der Waals surface area contributed by atoms with Crippen LogP contribution in [0.3, 0.4) is 0 Å². The molecule has 0 aliphatic carbocycles. The van der Waals surface area contributed by atoms with Gasteiger partial charge in [-0.05, 0) is 29.8 Å². The number of rotatable bonds is 3.